The van der Waals surface area contributed by atoms with Crippen LogP contribution in [0.2, 0.25) is 0 Å². The lowest BCUT2D eigenvalue weighted by Gasteiger charge is -2.27. The first-order valence-electron chi connectivity index (χ1n) is 6.87. The van der Waals surface area contributed by atoms with Crippen LogP contribution >= 0.6 is 11.5 Å². The Morgan fingerprint density at radius 1 is 1.58 bits per heavy atom. The molecule has 0 radical (unpaired) electrons. The number of carbonyl (C=O) groups excluding carboxylic acids is 1. The number of nitrogen functional groups attached to an aromatic ring is 1. The third-order valence-corrected chi connectivity index (χ3v) is 4.09. The Hall–Kier alpha value is -1.30. The standard InChI is InChI=1S/C13H22N4OS/c1-4-7-17(8(2)3)13-10(11(14)16-19-13)12(18)15-9-5-6-9/h8-9H,4-7H2,1-3H3,(H2,14,16)(H,15,18). The van der Waals surface area contributed by atoms with Crippen LogP contribution in [0.1, 0.15) is 50.4 Å². The Kier molecular flexibility index (Phi) is 4.29. The van der Waals surface area contributed by atoms with Gasteiger partial charge >= 0.3 is 0 Å². The fraction of sp³-hybridized carbons (Fsp3) is 0.692. The maximum atomic E-state index is 12.3. The van der Waals surface area contributed by atoms with Gasteiger partial charge in [0.05, 0.1) is 0 Å². The van der Waals surface area contributed by atoms with Crippen LogP contribution in [0.4, 0.5) is 10.8 Å². The highest BCUT2D eigenvalue weighted by molar-refractivity contribution is 7.11. The molecule has 1 aromatic heterocycles. The molecular weight excluding hydrogens is 260 g/mol. The van der Waals surface area contributed by atoms with Crippen LogP contribution in [0.3, 0.4) is 0 Å². The minimum atomic E-state index is -0.0782. The van der Waals surface area contributed by atoms with Gasteiger partial charge in [-0.15, -0.1) is 0 Å². The molecule has 0 aromatic carbocycles. The fourth-order valence-electron chi connectivity index (χ4n) is 2.02. The van der Waals surface area contributed by atoms with E-state index in [0.29, 0.717) is 23.5 Å². The second kappa shape index (κ2) is 5.77. The van der Waals surface area contributed by atoms with Crippen LogP contribution in [0.25, 0.3) is 0 Å². The van der Waals surface area contributed by atoms with Crippen LogP contribution in [-0.2, 0) is 0 Å². The number of amides is 1. The monoisotopic (exact) mass is 282 g/mol. The lowest BCUT2D eigenvalue weighted by molar-refractivity contribution is 0.0952. The van der Waals surface area contributed by atoms with Crippen molar-refractivity contribution < 1.29 is 4.79 Å². The Balaban J connectivity index is 2.26. The summed E-state index contributed by atoms with van der Waals surface area (Å²) in [5.41, 5.74) is 6.44. The molecule has 0 saturated heterocycles. The van der Waals surface area contributed by atoms with Gasteiger partial charge in [-0.3, -0.25) is 4.79 Å². The maximum Gasteiger partial charge on any atom is 0.258 e. The fourth-order valence-corrected chi connectivity index (χ4v) is 2.99. The summed E-state index contributed by atoms with van der Waals surface area (Å²) < 4.78 is 4.17. The first kappa shape index (κ1) is 14.1. The van der Waals surface area contributed by atoms with Gasteiger partial charge in [0.1, 0.15) is 10.6 Å². The minimum Gasteiger partial charge on any atom is -0.382 e. The number of carbonyl (C=O) groups is 1. The lowest BCUT2D eigenvalue weighted by Crippen LogP contribution is -2.34. The van der Waals surface area contributed by atoms with Crippen molar-refractivity contribution in [3.05, 3.63) is 5.56 Å². The molecule has 106 valence electrons. The SMILES string of the molecule is CCCN(c1snc(N)c1C(=O)NC1CC1)C(C)C. The summed E-state index contributed by atoms with van der Waals surface area (Å²) in [5, 5.41) is 3.89. The summed E-state index contributed by atoms with van der Waals surface area (Å²) in [6.45, 7) is 7.27. The van der Waals surface area contributed by atoms with Gasteiger partial charge in [0, 0.05) is 18.6 Å². The predicted octanol–water partition coefficient (Wildman–Crippen LogP) is 2.24. The van der Waals surface area contributed by atoms with Gasteiger partial charge in [0.25, 0.3) is 5.91 Å². The van der Waals surface area contributed by atoms with Gasteiger partial charge in [-0.25, -0.2) is 0 Å². The molecule has 1 fully saturated rings. The molecule has 5 nitrogen and oxygen atoms in total. The molecule has 6 heteroatoms. The van der Waals surface area contributed by atoms with Gasteiger partial charge in [-0.2, -0.15) is 4.37 Å². The van der Waals surface area contributed by atoms with Crippen LogP contribution in [-0.4, -0.2) is 28.9 Å². The lowest BCUT2D eigenvalue weighted by atomic mass is 10.2. The number of hydrogen-bond acceptors (Lipinski definition) is 5. The third kappa shape index (κ3) is 3.18. The Labute approximate surface area is 118 Å². The molecule has 2 rings (SSSR count). The molecule has 1 aromatic rings. The van der Waals surface area contributed by atoms with E-state index >= 15 is 0 Å². The number of nitrogens with two attached hydrogens (primary N) is 1. The number of hydrogen-bond donors (Lipinski definition) is 2. The van der Waals surface area contributed by atoms with Crippen molar-refractivity contribution in [2.75, 3.05) is 17.2 Å². The second-order valence-corrected chi connectivity index (χ2v) is 6.03. The molecule has 0 bridgehead atoms. The normalized spacial score (nSPS) is 14.7. The average molecular weight is 282 g/mol. The molecular formula is C13H22N4OS. The van der Waals surface area contributed by atoms with Crippen molar-refractivity contribution in [1.29, 1.82) is 0 Å². The third-order valence-electron chi connectivity index (χ3n) is 3.19. The van der Waals surface area contributed by atoms with Gasteiger partial charge in [-0.05, 0) is 44.6 Å². The van der Waals surface area contributed by atoms with Gasteiger partial charge in [0.2, 0.25) is 0 Å². The van der Waals surface area contributed by atoms with E-state index < -0.39 is 0 Å². The quantitative estimate of drug-likeness (QED) is 0.839. The van der Waals surface area contributed by atoms with Crippen molar-refractivity contribution >= 4 is 28.3 Å². The van der Waals surface area contributed by atoms with Crippen molar-refractivity contribution in [3.63, 3.8) is 0 Å². The Morgan fingerprint density at radius 2 is 2.26 bits per heavy atom. The van der Waals surface area contributed by atoms with Crippen LogP contribution < -0.4 is 16.0 Å². The second-order valence-electron chi connectivity index (χ2n) is 5.28. The van der Waals surface area contributed by atoms with E-state index in [4.69, 9.17) is 5.73 Å². The van der Waals surface area contributed by atoms with Crippen LogP contribution in [0, 0.1) is 0 Å². The largest absolute Gasteiger partial charge is 0.382 e. The number of nitrogens with one attached hydrogen (secondary N) is 1. The number of nitrogens with zero attached hydrogens (tertiary/aromatic N) is 2. The molecule has 0 unspecified atom stereocenters. The summed E-state index contributed by atoms with van der Waals surface area (Å²) in [7, 11) is 0. The number of aromatic nitrogens is 1. The van der Waals surface area contributed by atoms with Crippen molar-refractivity contribution in [1.82, 2.24) is 9.69 Å². The molecule has 1 heterocycles. The summed E-state index contributed by atoms with van der Waals surface area (Å²) >= 11 is 1.32. The summed E-state index contributed by atoms with van der Waals surface area (Å²) in [4.78, 5) is 14.5. The molecule has 0 aliphatic heterocycles. The molecule has 1 amide bonds. The zero-order chi connectivity index (χ0) is 14.0. The molecule has 1 saturated carbocycles. The predicted molar refractivity (Wildman–Crippen MR) is 79.8 cm³/mol. The summed E-state index contributed by atoms with van der Waals surface area (Å²) in [5.74, 6) is 0.269. The van der Waals surface area contributed by atoms with E-state index in [9.17, 15) is 4.79 Å². The molecule has 1 aliphatic carbocycles. The van der Waals surface area contributed by atoms with Crippen molar-refractivity contribution in [2.24, 2.45) is 0 Å². The van der Waals surface area contributed by atoms with Crippen molar-refractivity contribution in [3.8, 4) is 0 Å². The molecule has 0 spiro atoms. The molecule has 0 atom stereocenters. The highest BCUT2D eigenvalue weighted by Crippen LogP contribution is 2.33. The average Bonchev–Trinajstić information content (AvgIpc) is 3.07. The van der Waals surface area contributed by atoms with E-state index in [1.165, 1.54) is 11.5 Å². The summed E-state index contributed by atoms with van der Waals surface area (Å²) in [6.07, 6.45) is 3.17. The topological polar surface area (TPSA) is 71.2 Å². The zero-order valence-electron chi connectivity index (χ0n) is 11.8. The van der Waals surface area contributed by atoms with Crippen molar-refractivity contribution in [2.45, 2.75) is 52.1 Å². The van der Waals surface area contributed by atoms with E-state index in [1.807, 2.05) is 0 Å². The van der Waals surface area contributed by atoms with Gasteiger partial charge < -0.3 is 16.0 Å². The molecule has 3 N–H and O–H groups in total. The van der Waals surface area contributed by atoms with Gasteiger partial charge in [0.15, 0.2) is 5.82 Å². The highest BCUT2D eigenvalue weighted by atomic mass is 32.1. The van der Waals surface area contributed by atoms with E-state index in [-0.39, 0.29) is 5.91 Å². The van der Waals surface area contributed by atoms with E-state index in [0.717, 1.165) is 30.8 Å². The maximum absolute atomic E-state index is 12.3. The van der Waals surface area contributed by atoms with E-state index in [2.05, 4.69) is 35.4 Å². The number of rotatable bonds is 6. The summed E-state index contributed by atoms with van der Waals surface area (Å²) in [6, 6.07) is 0.658. The Morgan fingerprint density at radius 3 is 2.79 bits per heavy atom. The zero-order valence-corrected chi connectivity index (χ0v) is 12.6. The first-order chi connectivity index (χ1) is 9.04. The molecule has 1 aliphatic rings. The Bertz CT molecular complexity index is 453. The van der Waals surface area contributed by atoms with Crippen LogP contribution in [0.15, 0.2) is 0 Å². The highest BCUT2D eigenvalue weighted by Gasteiger charge is 2.29. The molecule has 19 heavy (non-hydrogen) atoms. The smallest absolute Gasteiger partial charge is 0.258 e. The number of anilines is 2. The van der Waals surface area contributed by atoms with Crippen LogP contribution in [0.5, 0.6) is 0 Å². The van der Waals surface area contributed by atoms with Gasteiger partial charge in [-0.1, -0.05) is 6.92 Å². The van der Waals surface area contributed by atoms with E-state index in [1.54, 1.807) is 0 Å². The minimum absolute atomic E-state index is 0.0782. The first-order valence-corrected chi connectivity index (χ1v) is 7.64.